The lowest BCUT2D eigenvalue weighted by Gasteiger charge is -2.04. The molecule has 0 atom stereocenters. The largest absolute Gasteiger partial charge is 0.326 e. The van der Waals surface area contributed by atoms with Crippen molar-refractivity contribution in [1.29, 1.82) is 0 Å². The highest BCUT2D eigenvalue weighted by atomic mass is 15.1. The van der Waals surface area contributed by atoms with E-state index in [4.69, 9.17) is 0 Å². The number of aromatic nitrogens is 2. The standard InChI is InChI=1S/C14H14N2/c1-3-13-11-16(14(4-2)15-13)10-12-8-6-5-7-9-12/h3-9,11H,1-2,10H2. The molecule has 1 aromatic heterocycles. The van der Waals surface area contributed by atoms with Crippen LogP contribution in [0.25, 0.3) is 12.2 Å². The molecule has 0 unspecified atom stereocenters. The highest BCUT2D eigenvalue weighted by Crippen LogP contribution is 2.09. The van der Waals surface area contributed by atoms with Gasteiger partial charge in [-0.3, -0.25) is 0 Å². The predicted octanol–water partition coefficient (Wildman–Crippen LogP) is 3.22. The van der Waals surface area contributed by atoms with Gasteiger partial charge in [0.15, 0.2) is 0 Å². The first-order chi connectivity index (χ1) is 7.83. The Labute approximate surface area is 95.6 Å². The lowest BCUT2D eigenvalue weighted by molar-refractivity contribution is 0.787. The van der Waals surface area contributed by atoms with Crippen LogP contribution in [0.1, 0.15) is 17.1 Å². The molecule has 0 radical (unpaired) electrons. The fourth-order valence-electron chi connectivity index (χ4n) is 1.62. The second kappa shape index (κ2) is 4.62. The molecule has 2 heteroatoms. The zero-order chi connectivity index (χ0) is 11.4. The maximum Gasteiger partial charge on any atom is 0.133 e. The molecule has 1 heterocycles. The van der Waals surface area contributed by atoms with Crippen molar-refractivity contribution in [2.24, 2.45) is 0 Å². The van der Waals surface area contributed by atoms with Crippen LogP contribution in [-0.2, 0) is 6.54 Å². The molecule has 80 valence electrons. The number of rotatable bonds is 4. The van der Waals surface area contributed by atoms with Gasteiger partial charge in [0, 0.05) is 12.7 Å². The third-order valence-electron chi connectivity index (χ3n) is 2.41. The molecule has 1 aromatic carbocycles. The van der Waals surface area contributed by atoms with Crippen molar-refractivity contribution < 1.29 is 0 Å². The van der Waals surface area contributed by atoms with E-state index in [9.17, 15) is 0 Å². The molecule has 0 N–H and O–H groups in total. The van der Waals surface area contributed by atoms with Gasteiger partial charge in [-0.2, -0.15) is 0 Å². The quantitative estimate of drug-likeness (QED) is 0.757. The van der Waals surface area contributed by atoms with Crippen molar-refractivity contribution in [1.82, 2.24) is 9.55 Å². The molecular formula is C14H14N2. The average Bonchev–Trinajstić information content (AvgIpc) is 2.73. The Morgan fingerprint density at radius 1 is 1.12 bits per heavy atom. The van der Waals surface area contributed by atoms with Crippen molar-refractivity contribution in [3.05, 3.63) is 66.8 Å². The normalized spacial score (nSPS) is 10.0. The minimum atomic E-state index is 0.809. The van der Waals surface area contributed by atoms with E-state index < -0.39 is 0 Å². The number of benzene rings is 1. The summed E-state index contributed by atoms with van der Waals surface area (Å²) in [6.07, 6.45) is 5.49. The van der Waals surface area contributed by atoms with Gasteiger partial charge in [0.2, 0.25) is 0 Å². The first-order valence-electron chi connectivity index (χ1n) is 5.19. The Hall–Kier alpha value is -2.09. The van der Waals surface area contributed by atoms with E-state index in [0.29, 0.717) is 0 Å². The molecule has 2 rings (SSSR count). The van der Waals surface area contributed by atoms with Gasteiger partial charge < -0.3 is 4.57 Å². The van der Waals surface area contributed by atoms with Crippen LogP contribution in [-0.4, -0.2) is 9.55 Å². The first-order valence-corrected chi connectivity index (χ1v) is 5.19. The minimum Gasteiger partial charge on any atom is -0.326 e. The van der Waals surface area contributed by atoms with Gasteiger partial charge >= 0.3 is 0 Å². The molecule has 2 nitrogen and oxygen atoms in total. The maximum absolute atomic E-state index is 4.37. The monoisotopic (exact) mass is 210 g/mol. The Balaban J connectivity index is 2.30. The second-order valence-corrected chi connectivity index (χ2v) is 3.55. The lowest BCUT2D eigenvalue weighted by Crippen LogP contribution is -2.00. The molecule has 0 spiro atoms. The van der Waals surface area contributed by atoms with Gasteiger partial charge in [-0.05, 0) is 17.7 Å². The third kappa shape index (κ3) is 2.11. The molecule has 0 bridgehead atoms. The van der Waals surface area contributed by atoms with Gasteiger partial charge in [-0.1, -0.05) is 43.5 Å². The number of nitrogens with zero attached hydrogens (tertiary/aromatic N) is 2. The molecule has 0 saturated heterocycles. The summed E-state index contributed by atoms with van der Waals surface area (Å²) in [5.41, 5.74) is 2.13. The van der Waals surface area contributed by atoms with E-state index in [2.05, 4.69) is 34.8 Å². The van der Waals surface area contributed by atoms with Gasteiger partial charge in [0.25, 0.3) is 0 Å². The second-order valence-electron chi connectivity index (χ2n) is 3.55. The Morgan fingerprint density at radius 2 is 1.88 bits per heavy atom. The van der Waals surface area contributed by atoms with Crippen molar-refractivity contribution in [3.8, 4) is 0 Å². The Morgan fingerprint density at radius 3 is 2.50 bits per heavy atom. The van der Waals surface area contributed by atoms with Crippen molar-refractivity contribution >= 4 is 12.2 Å². The van der Waals surface area contributed by atoms with Crippen LogP contribution in [0.5, 0.6) is 0 Å². The third-order valence-corrected chi connectivity index (χ3v) is 2.41. The topological polar surface area (TPSA) is 17.8 Å². The van der Waals surface area contributed by atoms with E-state index in [0.717, 1.165) is 18.1 Å². The summed E-state index contributed by atoms with van der Waals surface area (Å²) < 4.78 is 2.07. The maximum atomic E-state index is 4.37. The van der Waals surface area contributed by atoms with Gasteiger partial charge in [-0.25, -0.2) is 4.98 Å². The fourth-order valence-corrected chi connectivity index (χ4v) is 1.62. The fraction of sp³-hybridized carbons (Fsp3) is 0.0714. The van der Waals surface area contributed by atoms with Gasteiger partial charge in [-0.15, -0.1) is 0 Å². The SMILES string of the molecule is C=Cc1cn(Cc2ccccc2)c(C=C)n1. The van der Waals surface area contributed by atoms with Crippen molar-refractivity contribution in [3.63, 3.8) is 0 Å². The van der Waals surface area contributed by atoms with Crippen LogP contribution in [0, 0.1) is 0 Å². The molecular weight excluding hydrogens is 196 g/mol. The van der Waals surface area contributed by atoms with Crippen LogP contribution in [0.15, 0.2) is 49.7 Å². The number of hydrogen-bond acceptors (Lipinski definition) is 1. The van der Waals surface area contributed by atoms with E-state index in [1.807, 2.05) is 24.4 Å². The zero-order valence-corrected chi connectivity index (χ0v) is 9.13. The average molecular weight is 210 g/mol. The highest BCUT2D eigenvalue weighted by molar-refractivity contribution is 5.46. The summed E-state index contributed by atoms with van der Waals surface area (Å²) in [7, 11) is 0. The number of hydrogen-bond donors (Lipinski definition) is 0. The smallest absolute Gasteiger partial charge is 0.133 e. The van der Waals surface area contributed by atoms with E-state index in [1.54, 1.807) is 12.2 Å². The molecule has 0 amide bonds. The summed E-state index contributed by atoms with van der Waals surface area (Å²) in [6.45, 7) is 8.29. The predicted molar refractivity (Wildman–Crippen MR) is 68.0 cm³/mol. The van der Waals surface area contributed by atoms with Crippen LogP contribution in [0.4, 0.5) is 0 Å². The lowest BCUT2D eigenvalue weighted by atomic mass is 10.2. The molecule has 0 saturated carbocycles. The van der Waals surface area contributed by atoms with Crippen molar-refractivity contribution in [2.75, 3.05) is 0 Å². The molecule has 0 aliphatic carbocycles. The molecule has 0 fully saturated rings. The summed E-state index contributed by atoms with van der Waals surface area (Å²) in [4.78, 5) is 4.37. The summed E-state index contributed by atoms with van der Waals surface area (Å²) in [5.74, 6) is 0.874. The van der Waals surface area contributed by atoms with E-state index >= 15 is 0 Å². The van der Waals surface area contributed by atoms with Crippen molar-refractivity contribution in [2.45, 2.75) is 6.54 Å². The van der Waals surface area contributed by atoms with Crippen LogP contribution < -0.4 is 0 Å². The van der Waals surface area contributed by atoms with Crippen LogP contribution in [0.3, 0.4) is 0 Å². The first kappa shape index (κ1) is 10.4. The van der Waals surface area contributed by atoms with Gasteiger partial charge in [0.05, 0.1) is 5.69 Å². The number of imidazole rings is 1. The molecule has 0 aliphatic heterocycles. The zero-order valence-electron chi connectivity index (χ0n) is 9.13. The summed E-state index contributed by atoms with van der Waals surface area (Å²) >= 11 is 0. The summed E-state index contributed by atoms with van der Waals surface area (Å²) in [6, 6.07) is 10.3. The van der Waals surface area contributed by atoms with E-state index in [-0.39, 0.29) is 0 Å². The molecule has 16 heavy (non-hydrogen) atoms. The highest BCUT2D eigenvalue weighted by Gasteiger charge is 2.02. The molecule has 0 aliphatic rings. The van der Waals surface area contributed by atoms with Crippen LogP contribution in [0.2, 0.25) is 0 Å². The van der Waals surface area contributed by atoms with E-state index in [1.165, 1.54) is 5.56 Å². The molecule has 2 aromatic rings. The Bertz CT molecular complexity index is 495. The minimum absolute atomic E-state index is 0.809. The van der Waals surface area contributed by atoms with Gasteiger partial charge in [0.1, 0.15) is 5.82 Å². The summed E-state index contributed by atoms with van der Waals surface area (Å²) in [5, 5.41) is 0. The van der Waals surface area contributed by atoms with Crippen LogP contribution >= 0.6 is 0 Å². The Kier molecular flexibility index (Phi) is 3.01.